The van der Waals surface area contributed by atoms with Gasteiger partial charge in [-0.1, -0.05) is 6.07 Å². The fourth-order valence-electron chi connectivity index (χ4n) is 3.02. The SMILES string of the molecule is CCN1C(=O)S/C(=C/c2ccc(OCC(=O)Nc3cc(C)c(C)cc3Br)c(OC)c2)C1=O. The average Bonchev–Trinajstić information content (AvgIpc) is 3.02. The van der Waals surface area contributed by atoms with Crippen LogP contribution < -0.4 is 14.8 Å². The summed E-state index contributed by atoms with van der Waals surface area (Å²) in [7, 11) is 1.49. The summed E-state index contributed by atoms with van der Waals surface area (Å²) in [6, 6.07) is 8.92. The lowest BCUT2D eigenvalue weighted by atomic mass is 10.1. The molecule has 0 saturated carbocycles. The molecule has 3 rings (SSSR count). The molecule has 0 spiro atoms. The number of nitrogens with one attached hydrogen (secondary N) is 1. The molecule has 1 fully saturated rings. The fourth-order valence-corrected chi connectivity index (χ4v) is 4.48. The molecular formula is C23H23BrN2O5S. The van der Waals surface area contributed by atoms with E-state index in [9.17, 15) is 14.4 Å². The van der Waals surface area contributed by atoms with Crippen molar-refractivity contribution < 1.29 is 23.9 Å². The Hall–Kier alpha value is -2.78. The third-order valence-electron chi connectivity index (χ3n) is 4.89. The monoisotopic (exact) mass is 518 g/mol. The van der Waals surface area contributed by atoms with Crippen LogP contribution in [0.5, 0.6) is 11.5 Å². The summed E-state index contributed by atoms with van der Waals surface area (Å²) in [4.78, 5) is 38.1. The highest BCUT2D eigenvalue weighted by molar-refractivity contribution is 9.10. The van der Waals surface area contributed by atoms with Crippen molar-refractivity contribution in [3.8, 4) is 11.5 Å². The summed E-state index contributed by atoms with van der Waals surface area (Å²) in [6.07, 6.45) is 1.64. The number of benzene rings is 2. The van der Waals surface area contributed by atoms with Crippen molar-refractivity contribution in [1.82, 2.24) is 4.90 Å². The van der Waals surface area contributed by atoms with Gasteiger partial charge in [0.15, 0.2) is 18.1 Å². The number of aryl methyl sites for hydroxylation is 2. The van der Waals surface area contributed by atoms with Crippen molar-refractivity contribution in [3.63, 3.8) is 0 Å². The van der Waals surface area contributed by atoms with E-state index in [1.54, 1.807) is 31.2 Å². The van der Waals surface area contributed by atoms with E-state index < -0.39 is 0 Å². The number of hydrogen-bond donors (Lipinski definition) is 1. The molecule has 2 aromatic rings. The standard InChI is InChI=1S/C23H23BrN2O5S/c1-5-26-22(28)20(32-23(26)29)11-15-6-7-18(19(10-15)30-4)31-12-21(27)25-17-9-14(3)13(2)8-16(17)24/h6-11H,5,12H2,1-4H3,(H,25,27)/b20-11+. The van der Waals surface area contributed by atoms with Crippen molar-refractivity contribution >= 4 is 56.5 Å². The Morgan fingerprint density at radius 3 is 2.53 bits per heavy atom. The van der Waals surface area contributed by atoms with Crippen LogP contribution in [0, 0.1) is 13.8 Å². The fraction of sp³-hybridized carbons (Fsp3) is 0.261. The highest BCUT2D eigenvalue weighted by Gasteiger charge is 2.33. The number of ether oxygens (including phenoxy) is 2. The molecule has 0 unspecified atom stereocenters. The Labute approximate surface area is 199 Å². The number of nitrogens with zero attached hydrogens (tertiary/aromatic N) is 1. The van der Waals surface area contributed by atoms with Crippen LogP contribution in [-0.4, -0.2) is 42.2 Å². The number of imide groups is 1. The van der Waals surface area contributed by atoms with Crippen molar-refractivity contribution in [2.75, 3.05) is 25.6 Å². The molecule has 0 bridgehead atoms. The van der Waals surface area contributed by atoms with Gasteiger partial charge in [-0.05, 0) is 95.5 Å². The van der Waals surface area contributed by atoms with Gasteiger partial charge in [-0.2, -0.15) is 0 Å². The summed E-state index contributed by atoms with van der Waals surface area (Å²) in [5.74, 6) is 0.179. The van der Waals surface area contributed by atoms with E-state index in [0.717, 1.165) is 27.4 Å². The minimum absolute atomic E-state index is 0.204. The van der Waals surface area contributed by atoms with Crippen LogP contribution in [0.4, 0.5) is 10.5 Å². The number of hydrogen-bond acceptors (Lipinski definition) is 6. The second-order valence-electron chi connectivity index (χ2n) is 7.09. The zero-order chi connectivity index (χ0) is 23.4. The van der Waals surface area contributed by atoms with Crippen molar-refractivity contribution in [2.24, 2.45) is 0 Å². The molecule has 1 heterocycles. The van der Waals surface area contributed by atoms with Gasteiger partial charge in [0, 0.05) is 11.0 Å². The molecule has 0 aromatic heterocycles. The Bertz CT molecular complexity index is 1120. The maximum atomic E-state index is 12.4. The minimum atomic E-state index is -0.312. The van der Waals surface area contributed by atoms with Crippen molar-refractivity contribution in [1.29, 1.82) is 0 Å². The second-order valence-corrected chi connectivity index (χ2v) is 8.94. The van der Waals surface area contributed by atoms with Gasteiger partial charge in [0.2, 0.25) is 0 Å². The van der Waals surface area contributed by atoms with Gasteiger partial charge in [0.05, 0.1) is 17.7 Å². The van der Waals surface area contributed by atoms with E-state index >= 15 is 0 Å². The molecule has 9 heteroatoms. The highest BCUT2D eigenvalue weighted by Crippen LogP contribution is 2.34. The maximum absolute atomic E-state index is 12.4. The molecule has 7 nitrogen and oxygen atoms in total. The Kier molecular flexibility index (Phi) is 7.63. The van der Waals surface area contributed by atoms with E-state index in [2.05, 4.69) is 21.2 Å². The lowest BCUT2D eigenvalue weighted by molar-refractivity contribution is -0.122. The van der Waals surface area contributed by atoms with E-state index in [0.29, 0.717) is 34.2 Å². The van der Waals surface area contributed by atoms with Crippen LogP contribution in [0.1, 0.15) is 23.6 Å². The molecule has 168 valence electrons. The number of likely N-dealkylation sites (N-methyl/N-ethyl adjacent to an activating group) is 1. The minimum Gasteiger partial charge on any atom is -0.493 e. The number of carbonyl (C=O) groups is 3. The third-order valence-corrected chi connectivity index (χ3v) is 6.45. The third kappa shape index (κ3) is 5.34. The Morgan fingerprint density at radius 2 is 1.88 bits per heavy atom. The quantitative estimate of drug-likeness (QED) is 0.510. The van der Waals surface area contributed by atoms with Crippen LogP contribution >= 0.6 is 27.7 Å². The van der Waals surface area contributed by atoms with E-state index in [1.165, 1.54) is 12.0 Å². The zero-order valence-electron chi connectivity index (χ0n) is 18.2. The molecule has 32 heavy (non-hydrogen) atoms. The maximum Gasteiger partial charge on any atom is 0.293 e. The van der Waals surface area contributed by atoms with Gasteiger partial charge < -0.3 is 14.8 Å². The van der Waals surface area contributed by atoms with Crippen LogP contribution in [0.2, 0.25) is 0 Å². The second kappa shape index (κ2) is 10.2. The van der Waals surface area contributed by atoms with Crippen molar-refractivity contribution in [3.05, 3.63) is 56.4 Å². The van der Waals surface area contributed by atoms with Gasteiger partial charge in [0.25, 0.3) is 17.1 Å². The average molecular weight is 519 g/mol. The summed E-state index contributed by atoms with van der Waals surface area (Å²) in [6.45, 7) is 5.86. The lowest BCUT2D eigenvalue weighted by Crippen LogP contribution is -2.27. The summed E-state index contributed by atoms with van der Waals surface area (Å²) < 4.78 is 11.8. The van der Waals surface area contributed by atoms with Crippen LogP contribution in [-0.2, 0) is 9.59 Å². The predicted octanol–water partition coefficient (Wildman–Crippen LogP) is 5.15. The van der Waals surface area contributed by atoms with Crippen LogP contribution in [0.15, 0.2) is 39.7 Å². The summed E-state index contributed by atoms with van der Waals surface area (Å²) >= 11 is 4.36. The highest BCUT2D eigenvalue weighted by atomic mass is 79.9. The zero-order valence-corrected chi connectivity index (χ0v) is 20.6. The first-order chi connectivity index (χ1) is 15.2. The van der Waals surface area contributed by atoms with Gasteiger partial charge in [0.1, 0.15) is 0 Å². The number of carbonyl (C=O) groups excluding carboxylic acids is 3. The summed E-state index contributed by atoms with van der Waals surface area (Å²) in [5, 5.41) is 2.55. The van der Waals surface area contributed by atoms with Crippen LogP contribution in [0.25, 0.3) is 6.08 Å². The molecule has 1 saturated heterocycles. The molecule has 0 atom stereocenters. The predicted molar refractivity (Wildman–Crippen MR) is 129 cm³/mol. The Balaban J connectivity index is 1.69. The molecule has 1 N–H and O–H groups in total. The normalized spacial score (nSPS) is 14.8. The van der Waals surface area contributed by atoms with Gasteiger partial charge in [-0.15, -0.1) is 0 Å². The number of amides is 3. The smallest absolute Gasteiger partial charge is 0.293 e. The first kappa shape index (κ1) is 23.9. The number of rotatable bonds is 7. The van der Waals surface area contributed by atoms with E-state index in [4.69, 9.17) is 9.47 Å². The number of anilines is 1. The first-order valence-corrected chi connectivity index (χ1v) is 11.5. The van der Waals surface area contributed by atoms with Crippen molar-refractivity contribution in [2.45, 2.75) is 20.8 Å². The van der Waals surface area contributed by atoms with E-state index in [1.807, 2.05) is 26.0 Å². The summed E-state index contributed by atoms with van der Waals surface area (Å²) in [5.41, 5.74) is 3.54. The first-order valence-electron chi connectivity index (χ1n) is 9.86. The van der Waals surface area contributed by atoms with Gasteiger partial charge in [-0.25, -0.2) is 0 Å². The molecular weight excluding hydrogens is 496 g/mol. The van der Waals surface area contributed by atoms with Gasteiger partial charge >= 0.3 is 0 Å². The van der Waals surface area contributed by atoms with Crippen LogP contribution in [0.3, 0.4) is 0 Å². The molecule has 0 aliphatic carbocycles. The number of halogens is 1. The molecule has 3 amide bonds. The molecule has 1 aliphatic heterocycles. The topological polar surface area (TPSA) is 84.9 Å². The number of thioether (sulfide) groups is 1. The largest absolute Gasteiger partial charge is 0.493 e. The molecule has 2 aromatic carbocycles. The molecule has 1 aliphatic rings. The Morgan fingerprint density at radius 1 is 1.16 bits per heavy atom. The number of methoxy groups -OCH3 is 1. The molecule has 0 radical (unpaired) electrons. The van der Waals surface area contributed by atoms with Gasteiger partial charge in [-0.3, -0.25) is 19.3 Å². The van der Waals surface area contributed by atoms with E-state index in [-0.39, 0.29) is 23.7 Å². The lowest BCUT2D eigenvalue weighted by Gasteiger charge is -2.13.